The van der Waals surface area contributed by atoms with Crippen LogP contribution in [0.3, 0.4) is 0 Å². The van der Waals surface area contributed by atoms with Crippen molar-refractivity contribution in [2.24, 2.45) is 16.6 Å². The SMILES string of the molecule is CCOC(=O)CC(C)C(=O)c1ccc(N=C(N)N(C#N)Cc2ccccc2)cc1. The van der Waals surface area contributed by atoms with Gasteiger partial charge in [-0.15, -0.1) is 0 Å². The topological polar surface area (TPSA) is 109 Å². The number of rotatable bonds is 8. The average Bonchev–Trinajstić information content (AvgIpc) is 2.72. The van der Waals surface area contributed by atoms with E-state index in [1.807, 2.05) is 36.5 Å². The van der Waals surface area contributed by atoms with Crippen molar-refractivity contribution in [3.63, 3.8) is 0 Å². The van der Waals surface area contributed by atoms with Gasteiger partial charge in [0.2, 0.25) is 5.96 Å². The van der Waals surface area contributed by atoms with Crippen molar-refractivity contribution in [1.82, 2.24) is 4.90 Å². The summed E-state index contributed by atoms with van der Waals surface area (Å²) in [6.07, 6.45) is 2.06. The molecule has 7 nitrogen and oxygen atoms in total. The summed E-state index contributed by atoms with van der Waals surface area (Å²) in [6.45, 7) is 4.02. The Balaban J connectivity index is 2.05. The molecule has 0 aliphatic rings. The van der Waals surface area contributed by atoms with Gasteiger partial charge in [0.15, 0.2) is 12.0 Å². The number of Topliss-reactive ketones (excluding diaryl/α,β-unsaturated/α-hetero) is 1. The highest BCUT2D eigenvalue weighted by Crippen LogP contribution is 2.18. The maximum atomic E-state index is 12.5. The number of hydrogen-bond acceptors (Lipinski definition) is 5. The number of hydrogen-bond donors (Lipinski definition) is 1. The zero-order valence-electron chi connectivity index (χ0n) is 16.5. The van der Waals surface area contributed by atoms with Crippen LogP contribution < -0.4 is 5.73 Å². The Morgan fingerprint density at radius 2 is 1.83 bits per heavy atom. The third kappa shape index (κ3) is 6.47. The first-order valence-electron chi connectivity index (χ1n) is 9.29. The highest BCUT2D eigenvalue weighted by molar-refractivity contribution is 5.99. The number of esters is 1. The van der Waals surface area contributed by atoms with Gasteiger partial charge < -0.3 is 10.5 Å². The molecule has 2 aromatic rings. The van der Waals surface area contributed by atoms with E-state index in [0.717, 1.165) is 5.56 Å². The van der Waals surface area contributed by atoms with Crippen molar-refractivity contribution < 1.29 is 14.3 Å². The van der Waals surface area contributed by atoms with Crippen molar-refractivity contribution >= 4 is 23.4 Å². The maximum absolute atomic E-state index is 12.5. The van der Waals surface area contributed by atoms with Gasteiger partial charge >= 0.3 is 5.97 Å². The van der Waals surface area contributed by atoms with E-state index in [2.05, 4.69) is 4.99 Å². The van der Waals surface area contributed by atoms with Crippen LogP contribution >= 0.6 is 0 Å². The Kier molecular flexibility index (Phi) is 7.92. The molecule has 0 amide bonds. The van der Waals surface area contributed by atoms with Crippen LogP contribution in [-0.2, 0) is 16.1 Å². The van der Waals surface area contributed by atoms with E-state index in [4.69, 9.17) is 10.5 Å². The quantitative estimate of drug-likeness (QED) is 0.184. The first-order chi connectivity index (χ1) is 13.9. The maximum Gasteiger partial charge on any atom is 0.306 e. The fourth-order valence-corrected chi connectivity index (χ4v) is 2.67. The summed E-state index contributed by atoms with van der Waals surface area (Å²) in [5.41, 5.74) is 7.90. The zero-order chi connectivity index (χ0) is 21.2. The second kappa shape index (κ2) is 10.6. The summed E-state index contributed by atoms with van der Waals surface area (Å²) < 4.78 is 4.88. The predicted molar refractivity (Wildman–Crippen MR) is 110 cm³/mol. The summed E-state index contributed by atoms with van der Waals surface area (Å²) in [5, 5.41) is 9.36. The summed E-state index contributed by atoms with van der Waals surface area (Å²) in [7, 11) is 0. The van der Waals surface area contributed by atoms with Crippen molar-refractivity contribution in [3.05, 3.63) is 65.7 Å². The molecular formula is C22H24N4O3. The van der Waals surface area contributed by atoms with E-state index < -0.39 is 11.9 Å². The van der Waals surface area contributed by atoms with E-state index in [9.17, 15) is 14.9 Å². The fourth-order valence-electron chi connectivity index (χ4n) is 2.67. The molecular weight excluding hydrogens is 368 g/mol. The highest BCUT2D eigenvalue weighted by atomic mass is 16.5. The molecule has 29 heavy (non-hydrogen) atoms. The molecule has 0 saturated heterocycles. The minimum Gasteiger partial charge on any atom is -0.466 e. The van der Waals surface area contributed by atoms with Gasteiger partial charge in [-0.2, -0.15) is 5.26 Å². The molecule has 0 aromatic heterocycles. The lowest BCUT2D eigenvalue weighted by atomic mass is 9.96. The Morgan fingerprint density at radius 3 is 2.41 bits per heavy atom. The first-order valence-corrected chi connectivity index (χ1v) is 9.29. The summed E-state index contributed by atoms with van der Waals surface area (Å²) in [4.78, 5) is 29.6. The number of aliphatic imine (C=N–C) groups is 1. The number of carbonyl (C=O) groups excluding carboxylic acids is 2. The largest absolute Gasteiger partial charge is 0.466 e. The van der Waals surface area contributed by atoms with Crippen molar-refractivity contribution in [3.8, 4) is 6.19 Å². The molecule has 0 aliphatic carbocycles. The standard InChI is InChI=1S/C22H24N4O3/c1-3-29-20(27)13-16(2)21(28)18-9-11-19(12-10-18)25-22(24)26(15-23)14-17-7-5-4-6-8-17/h4-12,16H,3,13-14H2,1-2H3,(H2,24,25). The summed E-state index contributed by atoms with van der Waals surface area (Å²) in [5.74, 6) is -0.957. The lowest BCUT2D eigenvalue weighted by molar-refractivity contribution is -0.143. The molecule has 0 bridgehead atoms. The van der Waals surface area contributed by atoms with Gasteiger partial charge in [0.25, 0.3) is 0 Å². The number of benzene rings is 2. The minimum atomic E-state index is -0.478. The summed E-state index contributed by atoms with van der Waals surface area (Å²) in [6, 6.07) is 16.0. The Hall–Kier alpha value is -3.66. The van der Waals surface area contributed by atoms with Crippen molar-refractivity contribution in [2.45, 2.75) is 26.8 Å². The molecule has 0 spiro atoms. The van der Waals surface area contributed by atoms with Gasteiger partial charge in [-0.3, -0.25) is 9.59 Å². The van der Waals surface area contributed by atoms with Gasteiger partial charge in [0, 0.05) is 11.5 Å². The number of nitrogens with two attached hydrogens (primary N) is 1. The monoisotopic (exact) mass is 392 g/mol. The molecule has 0 saturated carbocycles. The van der Waals surface area contributed by atoms with Crippen LogP contribution in [0.1, 0.15) is 36.2 Å². The van der Waals surface area contributed by atoms with E-state index in [-0.39, 0.29) is 24.8 Å². The van der Waals surface area contributed by atoms with Crippen LogP contribution in [0.2, 0.25) is 0 Å². The summed E-state index contributed by atoms with van der Waals surface area (Å²) >= 11 is 0. The number of guanidine groups is 1. The normalized spacial score (nSPS) is 12.0. The van der Waals surface area contributed by atoms with Crippen LogP contribution in [0.4, 0.5) is 5.69 Å². The molecule has 150 valence electrons. The van der Waals surface area contributed by atoms with Gasteiger partial charge in [-0.25, -0.2) is 9.89 Å². The molecule has 2 N–H and O–H groups in total. The van der Waals surface area contributed by atoms with Crippen LogP contribution in [0.25, 0.3) is 0 Å². The highest BCUT2D eigenvalue weighted by Gasteiger charge is 2.19. The number of carbonyl (C=O) groups is 2. The van der Waals surface area contributed by atoms with Crippen LogP contribution in [0.5, 0.6) is 0 Å². The molecule has 0 radical (unpaired) electrons. The molecule has 1 atom stereocenters. The van der Waals surface area contributed by atoms with Gasteiger partial charge in [-0.05, 0) is 36.8 Å². The third-order valence-corrected chi connectivity index (χ3v) is 4.20. The number of ketones is 1. The molecule has 2 rings (SSSR count). The number of nitrogens with zero attached hydrogens (tertiary/aromatic N) is 3. The predicted octanol–water partition coefficient (Wildman–Crippen LogP) is 3.39. The van der Waals surface area contributed by atoms with Crippen LogP contribution in [0, 0.1) is 17.4 Å². The zero-order valence-corrected chi connectivity index (χ0v) is 16.5. The smallest absolute Gasteiger partial charge is 0.306 e. The molecule has 7 heteroatoms. The lowest BCUT2D eigenvalue weighted by Crippen LogP contribution is -2.32. The van der Waals surface area contributed by atoms with Gasteiger partial charge in [0.1, 0.15) is 0 Å². The van der Waals surface area contributed by atoms with E-state index >= 15 is 0 Å². The number of ether oxygens (including phenoxy) is 1. The van der Waals surface area contributed by atoms with Crippen LogP contribution in [0.15, 0.2) is 59.6 Å². The van der Waals surface area contributed by atoms with Gasteiger partial charge in [-0.1, -0.05) is 37.3 Å². The lowest BCUT2D eigenvalue weighted by Gasteiger charge is -2.14. The molecule has 0 heterocycles. The molecule has 2 aromatic carbocycles. The number of nitriles is 1. The second-order valence-corrected chi connectivity index (χ2v) is 6.46. The third-order valence-electron chi connectivity index (χ3n) is 4.20. The van der Waals surface area contributed by atoms with E-state index in [0.29, 0.717) is 17.8 Å². The molecule has 0 fully saturated rings. The fraction of sp³-hybridized carbons (Fsp3) is 0.273. The van der Waals surface area contributed by atoms with Crippen molar-refractivity contribution in [1.29, 1.82) is 5.26 Å². The van der Waals surface area contributed by atoms with Crippen LogP contribution in [-0.4, -0.2) is 29.2 Å². The average molecular weight is 392 g/mol. The van der Waals surface area contributed by atoms with E-state index in [1.54, 1.807) is 38.1 Å². The minimum absolute atomic E-state index is 0.0378. The molecule has 1 unspecified atom stereocenters. The second-order valence-electron chi connectivity index (χ2n) is 6.46. The molecule has 0 aliphatic heterocycles. The van der Waals surface area contributed by atoms with Gasteiger partial charge in [0.05, 0.1) is 25.3 Å². The van der Waals surface area contributed by atoms with Crippen molar-refractivity contribution in [2.75, 3.05) is 6.61 Å². The Bertz CT molecular complexity index is 902. The first kappa shape index (κ1) is 21.6. The Labute approximate surface area is 170 Å². The Morgan fingerprint density at radius 1 is 1.17 bits per heavy atom. The van der Waals surface area contributed by atoms with E-state index in [1.165, 1.54) is 4.90 Å².